The van der Waals surface area contributed by atoms with Gasteiger partial charge in [-0.3, -0.25) is 0 Å². The third-order valence-electron chi connectivity index (χ3n) is 6.39. The molecule has 5 rings (SSSR count). The summed E-state index contributed by atoms with van der Waals surface area (Å²) >= 11 is 0. The fraction of sp³-hybridized carbons (Fsp3) is 0.269. The van der Waals surface area contributed by atoms with Gasteiger partial charge in [0.05, 0.1) is 10.4 Å². The Labute approximate surface area is 210 Å². The Bertz CT molecular complexity index is 1480. The molecule has 10 heteroatoms. The van der Waals surface area contributed by atoms with Crippen LogP contribution in [0.5, 0.6) is 0 Å². The molecule has 0 saturated carbocycles. The second kappa shape index (κ2) is 10.2. The maximum absolute atomic E-state index is 12.6. The van der Waals surface area contributed by atoms with Gasteiger partial charge in [0.25, 0.3) is 0 Å². The molecule has 0 bridgehead atoms. The number of hydrogen-bond acceptors (Lipinski definition) is 8. The fourth-order valence-corrected chi connectivity index (χ4v) is 5.47. The summed E-state index contributed by atoms with van der Waals surface area (Å²) in [5.41, 5.74) is 11.8. The standard InChI is InChI=1S/C26H29N7O2S/c1-18-16-24-25(17-22(18)21-6-2-3-7-23(21)27)31-32-26(30-24)29-19-8-10-20(11-9-19)36(34,35)28-12-15-33-13-4-5-14-33/h2-3,6-11,16-17,28H,4-5,12-15,27H2,1H3,(H,29,30,32). The van der Waals surface area contributed by atoms with Gasteiger partial charge in [0.2, 0.25) is 16.0 Å². The van der Waals surface area contributed by atoms with Crippen LogP contribution in [0.2, 0.25) is 0 Å². The summed E-state index contributed by atoms with van der Waals surface area (Å²) in [7, 11) is -3.56. The highest BCUT2D eigenvalue weighted by molar-refractivity contribution is 7.89. The molecule has 1 aliphatic rings. The van der Waals surface area contributed by atoms with Crippen LogP contribution in [0.3, 0.4) is 0 Å². The summed E-state index contributed by atoms with van der Waals surface area (Å²) in [6.45, 7) is 5.21. The molecule has 1 aliphatic heterocycles. The van der Waals surface area contributed by atoms with Crippen molar-refractivity contribution in [3.05, 3.63) is 66.2 Å². The molecule has 0 aliphatic carbocycles. The molecule has 0 atom stereocenters. The summed E-state index contributed by atoms with van der Waals surface area (Å²) in [6, 6.07) is 18.1. The number of aryl methyl sites for hydroxylation is 1. The molecule has 3 aromatic carbocycles. The van der Waals surface area contributed by atoms with Gasteiger partial charge in [0.1, 0.15) is 5.52 Å². The zero-order valence-corrected chi connectivity index (χ0v) is 20.9. The van der Waals surface area contributed by atoms with Crippen LogP contribution < -0.4 is 15.8 Å². The number of hydrogen-bond donors (Lipinski definition) is 3. The number of anilines is 3. The zero-order valence-electron chi connectivity index (χ0n) is 20.1. The van der Waals surface area contributed by atoms with Gasteiger partial charge in [-0.2, -0.15) is 0 Å². The summed E-state index contributed by atoms with van der Waals surface area (Å²) in [5, 5.41) is 11.6. The SMILES string of the molecule is Cc1cc2nc(Nc3ccc(S(=O)(=O)NCCN4CCCC4)cc3)nnc2cc1-c1ccccc1N. The van der Waals surface area contributed by atoms with Gasteiger partial charge >= 0.3 is 0 Å². The second-order valence-corrected chi connectivity index (χ2v) is 10.7. The van der Waals surface area contributed by atoms with Gasteiger partial charge < -0.3 is 16.0 Å². The number of likely N-dealkylation sites (tertiary alicyclic amines) is 1. The molecule has 0 radical (unpaired) electrons. The quantitative estimate of drug-likeness (QED) is 0.311. The Kier molecular flexibility index (Phi) is 6.82. The van der Waals surface area contributed by atoms with E-state index in [1.54, 1.807) is 24.3 Å². The van der Waals surface area contributed by atoms with Crippen LogP contribution in [-0.4, -0.2) is 54.7 Å². The fourth-order valence-electron chi connectivity index (χ4n) is 4.45. The molecular formula is C26H29N7O2S. The Hall–Kier alpha value is -3.60. The Balaban J connectivity index is 1.28. The largest absolute Gasteiger partial charge is 0.398 e. The lowest BCUT2D eigenvalue weighted by Gasteiger charge is -2.15. The van der Waals surface area contributed by atoms with Crippen molar-refractivity contribution in [3.63, 3.8) is 0 Å². The van der Waals surface area contributed by atoms with E-state index in [0.29, 0.717) is 34.9 Å². The van der Waals surface area contributed by atoms with Gasteiger partial charge in [0.15, 0.2) is 0 Å². The minimum Gasteiger partial charge on any atom is -0.398 e. The molecule has 4 aromatic rings. The minimum atomic E-state index is -3.56. The van der Waals surface area contributed by atoms with Crippen molar-refractivity contribution >= 4 is 38.4 Å². The van der Waals surface area contributed by atoms with E-state index in [4.69, 9.17) is 5.73 Å². The van der Waals surface area contributed by atoms with Gasteiger partial charge in [-0.05, 0) is 86.4 Å². The van der Waals surface area contributed by atoms with Gasteiger partial charge in [-0.25, -0.2) is 18.1 Å². The molecule has 1 saturated heterocycles. The molecular weight excluding hydrogens is 474 g/mol. The molecule has 9 nitrogen and oxygen atoms in total. The highest BCUT2D eigenvalue weighted by Gasteiger charge is 2.16. The lowest BCUT2D eigenvalue weighted by Crippen LogP contribution is -2.33. The first-order valence-corrected chi connectivity index (χ1v) is 13.5. The number of para-hydroxylation sites is 1. The number of nitrogens with two attached hydrogens (primary N) is 1. The lowest BCUT2D eigenvalue weighted by atomic mass is 9.98. The predicted octanol–water partition coefficient (Wildman–Crippen LogP) is 3.70. The van der Waals surface area contributed by atoms with E-state index >= 15 is 0 Å². The average Bonchev–Trinajstić information content (AvgIpc) is 3.38. The van der Waals surface area contributed by atoms with Gasteiger partial charge in [-0.15, -0.1) is 10.2 Å². The molecule has 1 fully saturated rings. The van der Waals surface area contributed by atoms with Crippen LogP contribution in [0.25, 0.3) is 22.2 Å². The summed E-state index contributed by atoms with van der Waals surface area (Å²) in [6.07, 6.45) is 2.36. The first-order valence-electron chi connectivity index (χ1n) is 12.0. The van der Waals surface area contributed by atoms with Crippen LogP contribution in [-0.2, 0) is 10.0 Å². The van der Waals surface area contributed by atoms with Gasteiger partial charge in [0, 0.05) is 30.0 Å². The molecule has 0 unspecified atom stereocenters. The van der Waals surface area contributed by atoms with E-state index in [1.807, 2.05) is 43.3 Å². The van der Waals surface area contributed by atoms with E-state index in [9.17, 15) is 8.42 Å². The minimum absolute atomic E-state index is 0.218. The lowest BCUT2D eigenvalue weighted by molar-refractivity contribution is 0.344. The van der Waals surface area contributed by atoms with Crippen molar-refractivity contribution in [1.29, 1.82) is 0 Å². The number of aromatic nitrogens is 3. The summed E-state index contributed by atoms with van der Waals surface area (Å²) in [4.78, 5) is 7.08. The molecule has 4 N–H and O–H groups in total. The average molecular weight is 504 g/mol. The number of benzene rings is 3. The van der Waals surface area contributed by atoms with E-state index in [2.05, 4.69) is 30.1 Å². The van der Waals surface area contributed by atoms with Crippen molar-refractivity contribution in [2.45, 2.75) is 24.7 Å². The van der Waals surface area contributed by atoms with Gasteiger partial charge in [-0.1, -0.05) is 18.2 Å². The van der Waals surface area contributed by atoms with Crippen LogP contribution in [0.4, 0.5) is 17.3 Å². The Morgan fingerprint density at radius 1 is 0.944 bits per heavy atom. The van der Waals surface area contributed by atoms with Crippen LogP contribution in [0.15, 0.2) is 65.6 Å². The maximum atomic E-state index is 12.6. The number of sulfonamides is 1. The van der Waals surface area contributed by atoms with E-state index in [-0.39, 0.29) is 4.90 Å². The normalized spacial score (nSPS) is 14.4. The number of nitrogen functional groups attached to an aromatic ring is 1. The number of fused-ring (bicyclic) bond motifs is 1. The number of nitrogens with zero attached hydrogens (tertiary/aromatic N) is 4. The highest BCUT2D eigenvalue weighted by atomic mass is 32.2. The van der Waals surface area contributed by atoms with Crippen molar-refractivity contribution in [2.24, 2.45) is 0 Å². The first kappa shape index (κ1) is 24.1. The smallest absolute Gasteiger partial charge is 0.247 e. The van der Waals surface area contributed by atoms with Crippen molar-refractivity contribution < 1.29 is 8.42 Å². The molecule has 186 valence electrons. The second-order valence-electron chi connectivity index (χ2n) is 8.97. The first-order chi connectivity index (χ1) is 17.4. The summed E-state index contributed by atoms with van der Waals surface area (Å²) < 4.78 is 27.9. The van der Waals surface area contributed by atoms with Crippen LogP contribution >= 0.6 is 0 Å². The predicted molar refractivity (Wildman–Crippen MR) is 143 cm³/mol. The zero-order chi connectivity index (χ0) is 25.1. The third kappa shape index (κ3) is 5.30. The van der Waals surface area contributed by atoms with Crippen molar-refractivity contribution in [2.75, 3.05) is 37.2 Å². The molecule has 36 heavy (non-hydrogen) atoms. The Morgan fingerprint density at radius 3 is 2.44 bits per heavy atom. The van der Waals surface area contributed by atoms with E-state index in [0.717, 1.165) is 36.3 Å². The molecule has 0 spiro atoms. The van der Waals surface area contributed by atoms with E-state index < -0.39 is 10.0 Å². The third-order valence-corrected chi connectivity index (χ3v) is 7.87. The van der Waals surface area contributed by atoms with Crippen LogP contribution in [0, 0.1) is 6.92 Å². The van der Waals surface area contributed by atoms with Crippen LogP contribution in [0.1, 0.15) is 18.4 Å². The Morgan fingerprint density at radius 2 is 1.69 bits per heavy atom. The van der Waals surface area contributed by atoms with Crippen molar-refractivity contribution in [1.82, 2.24) is 24.8 Å². The molecule has 2 heterocycles. The van der Waals surface area contributed by atoms with E-state index in [1.165, 1.54) is 12.8 Å². The van der Waals surface area contributed by atoms with Crippen molar-refractivity contribution in [3.8, 4) is 11.1 Å². The molecule has 1 aromatic heterocycles. The monoisotopic (exact) mass is 503 g/mol. The molecule has 0 amide bonds. The maximum Gasteiger partial charge on any atom is 0.247 e. The topological polar surface area (TPSA) is 126 Å². The number of nitrogens with one attached hydrogen (secondary N) is 2. The summed E-state index contributed by atoms with van der Waals surface area (Å²) in [5.74, 6) is 0.327. The number of rotatable bonds is 8. The highest BCUT2D eigenvalue weighted by Crippen LogP contribution is 2.31.